The minimum atomic E-state index is -1.65. The maximum absolute atomic E-state index is 13.1. The first-order valence-electron chi connectivity index (χ1n) is 15.6. The highest BCUT2D eigenvalue weighted by atomic mass is 35.5. The predicted molar refractivity (Wildman–Crippen MR) is 190 cm³/mol. The third kappa shape index (κ3) is 12.7. The van der Waals surface area contributed by atoms with Crippen molar-refractivity contribution in [1.29, 1.82) is 0 Å². The number of ether oxygens (including phenoxy) is 4. The summed E-state index contributed by atoms with van der Waals surface area (Å²) < 4.78 is 21.1. The molecule has 0 amide bonds. The molecule has 2 aromatic rings. The molecule has 8 nitrogen and oxygen atoms in total. The van der Waals surface area contributed by atoms with Crippen LogP contribution in [0.2, 0.25) is 30.1 Å². The summed E-state index contributed by atoms with van der Waals surface area (Å²) in [6.07, 6.45) is 5.08. The van der Waals surface area contributed by atoms with Gasteiger partial charge in [-0.1, -0.05) is 137 Å². The fourth-order valence-corrected chi connectivity index (χ4v) is 5.80. The van der Waals surface area contributed by atoms with Gasteiger partial charge in [0.25, 0.3) is 0 Å². The van der Waals surface area contributed by atoms with Crippen LogP contribution in [0.25, 0.3) is 0 Å². The number of hydrogen-bond donors (Lipinski definition) is 0. The molecule has 0 fully saturated rings. The molecule has 0 aliphatic heterocycles. The Kier molecular flexibility index (Phi) is 17.6. The lowest BCUT2D eigenvalue weighted by Crippen LogP contribution is -2.27. The van der Waals surface area contributed by atoms with Crippen molar-refractivity contribution in [3.8, 4) is 11.5 Å². The van der Waals surface area contributed by atoms with Gasteiger partial charge in [-0.25, -0.2) is 19.2 Å². The number of esters is 4. The van der Waals surface area contributed by atoms with Crippen LogP contribution in [0.15, 0.2) is 12.1 Å². The quantitative estimate of drug-likeness (QED) is 0.0716. The Morgan fingerprint density at radius 1 is 0.521 bits per heavy atom. The Hall–Kier alpha value is -1.94. The van der Waals surface area contributed by atoms with Crippen LogP contribution in [0, 0.1) is 23.7 Å². The lowest BCUT2D eigenvalue weighted by Gasteiger charge is -2.17. The fraction of sp³-hybridized carbons (Fsp3) is 0.529. The van der Waals surface area contributed by atoms with E-state index in [2.05, 4.69) is 27.7 Å². The number of hydrogen-bond acceptors (Lipinski definition) is 8. The lowest BCUT2D eigenvalue weighted by molar-refractivity contribution is -0.156. The van der Waals surface area contributed by atoms with Crippen LogP contribution in [0.1, 0.15) is 101 Å². The number of carbonyl (C=O) groups excluding carboxylic acids is 4. The Morgan fingerprint density at radius 2 is 0.854 bits per heavy atom. The van der Waals surface area contributed by atoms with Crippen molar-refractivity contribution in [1.82, 2.24) is 0 Å². The van der Waals surface area contributed by atoms with Crippen LogP contribution in [-0.4, -0.2) is 37.1 Å². The number of rotatable bonds is 16. The molecule has 0 radical (unpaired) electrons. The zero-order valence-corrected chi connectivity index (χ0v) is 32.2. The zero-order valence-electron chi connectivity index (χ0n) is 27.7. The smallest absolute Gasteiger partial charge is 0.423 e. The number of halogens is 6. The zero-order chi connectivity index (χ0) is 36.3. The van der Waals surface area contributed by atoms with Crippen molar-refractivity contribution in [2.24, 2.45) is 23.7 Å². The minimum absolute atomic E-state index is 0.0412. The molecule has 0 aliphatic rings. The monoisotopic (exact) mass is 786 g/mol. The van der Waals surface area contributed by atoms with Crippen molar-refractivity contribution in [3.63, 3.8) is 0 Å². The maximum Gasteiger partial charge on any atom is 0.423 e. The van der Waals surface area contributed by atoms with E-state index >= 15 is 0 Å². The van der Waals surface area contributed by atoms with Gasteiger partial charge in [-0.05, 0) is 48.6 Å². The van der Waals surface area contributed by atoms with E-state index in [-0.39, 0.29) is 55.2 Å². The molecular formula is C34H40Cl6O8. The molecule has 2 rings (SSSR count). The normalized spacial score (nSPS) is 12.5. The summed E-state index contributed by atoms with van der Waals surface area (Å²) in [7, 11) is 0. The molecule has 14 heteroatoms. The van der Waals surface area contributed by atoms with Crippen molar-refractivity contribution in [2.75, 3.05) is 13.2 Å². The lowest BCUT2D eigenvalue weighted by atomic mass is 9.97. The summed E-state index contributed by atoms with van der Waals surface area (Å²) in [5.74, 6) is -4.79. The Morgan fingerprint density at radius 3 is 1.17 bits per heavy atom. The second-order valence-electron chi connectivity index (χ2n) is 12.5. The molecule has 0 heterocycles. The Bertz CT molecular complexity index is 1370. The van der Waals surface area contributed by atoms with Crippen LogP contribution in [0.3, 0.4) is 0 Å². The minimum Gasteiger partial charge on any atom is -0.462 e. The van der Waals surface area contributed by atoms with Gasteiger partial charge < -0.3 is 18.9 Å². The first-order chi connectivity index (χ1) is 22.4. The molecule has 2 aromatic carbocycles. The average molecular weight is 789 g/mol. The van der Waals surface area contributed by atoms with Crippen LogP contribution >= 0.6 is 69.6 Å². The van der Waals surface area contributed by atoms with E-state index in [1.165, 1.54) is 0 Å². The fourth-order valence-electron chi connectivity index (χ4n) is 4.36. The number of benzene rings is 2. The van der Waals surface area contributed by atoms with Crippen molar-refractivity contribution >= 4 is 93.5 Å². The van der Waals surface area contributed by atoms with Gasteiger partial charge >= 0.3 is 23.9 Å². The van der Waals surface area contributed by atoms with Gasteiger partial charge in [-0.2, -0.15) is 0 Å². The van der Waals surface area contributed by atoms with Crippen LogP contribution < -0.4 is 9.47 Å². The summed E-state index contributed by atoms with van der Waals surface area (Å²) in [5, 5.41) is -1.51. The Labute approximate surface area is 311 Å². The highest BCUT2D eigenvalue weighted by Crippen LogP contribution is 2.42. The van der Waals surface area contributed by atoms with Gasteiger partial charge in [0.15, 0.2) is 11.5 Å². The third-order valence-corrected chi connectivity index (χ3v) is 9.52. The second-order valence-corrected chi connectivity index (χ2v) is 14.9. The first kappa shape index (κ1) is 42.2. The molecule has 2 atom stereocenters. The SMILES string of the molecule is CC(C)CCC(C)CCOC(=O)c1c(Cl)c(Cl)cc(Cl)c1OC(=O)C(=O)Oc1c(Cl)cc(Cl)c(Cl)c1C(=O)OCCC(C)CCC(C)C. The second kappa shape index (κ2) is 20.0. The van der Waals surface area contributed by atoms with Crippen molar-refractivity contribution < 1.29 is 38.1 Å². The summed E-state index contributed by atoms with van der Waals surface area (Å²) in [6.45, 7) is 12.7. The largest absolute Gasteiger partial charge is 0.462 e. The standard InChI is InChI=1S/C34H40Cl6O8/c1-17(2)7-9-19(5)11-13-45-31(41)25-27(39)21(35)15-23(37)29(25)47-33(43)34(44)48-30-24(38)16-22(36)28(40)26(30)32(42)46-14-12-20(6)10-8-18(3)4/h15-20H,7-14H2,1-6H3. The summed E-state index contributed by atoms with van der Waals surface area (Å²) in [5.41, 5.74) is -0.936. The van der Waals surface area contributed by atoms with Gasteiger partial charge in [0.1, 0.15) is 11.1 Å². The van der Waals surface area contributed by atoms with E-state index in [9.17, 15) is 19.2 Å². The average Bonchev–Trinajstić information content (AvgIpc) is 3.00. The topological polar surface area (TPSA) is 105 Å². The van der Waals surface area contributed by atoms with Gasteiger partial charge in [-0.3, -0.25) is 0 Å². The molecule has 2 unspecified atom stereocenters. The Balaban J connectivity index is 2.24. The maximum atomic E-state index is 13.1. The van der Waals surface area contributed by atoms with Gasteiger partial charge in [-0.15, -0.1) is 0 Å². The van der Waals surface area contributed by atoms with E-state index in [1.807, 2.05) is 13.8 Å². The number of carbonyl (C=O) groups is 4. The van der Waals surface area contributed by atoms with E-state index in [1.54, 1.807) is 0 Å². The van der Waals surface area contributed by atoms with Crippen LogP contribution in [0.5, 0.6) is 11.5 Å². The summed E-state index contributed by atoms with van der Waals surface area (Å²) >= 11 is 37.4. The van der Waals surface area contributed by atoms with Crippen molar-refractivity contribution in [3.05, 3.63) is 53.4 Å². The third-order valence-electron chi connectivity index (χ3n) is 7.38. The summed E-state index contributed by atoms with van der Waals surface area (Å²) in [4.78, 5) is 52.1. The van der Waals surface area contributed by atoms with E-state index in [4.69, 9.17) is 88.6 Å². The molecule has 0 spiro atoms. The van der Waals surface area contributed by atoms with Gasteiger partial charge in [0.2, 0.25) is 0 Å². The van der Waals surface area contributed by atoms with E-state index in [0.717, 1.165) is 37.8 Å². The van der Waals surface area contributed by atoms with Gasteiger partial charge in [0.05, 0.1) is 43.3 Å². The molecule has 0 saturated carbocycles. The van der Waals surface area contributed by atoms with Crippen LogP contribution in [-0.2, 0) is 19.1 Å². The van der Waals surface area contributed by atoms with Gasteiger partial charge in [0, 0.05) is 0 Å². The predicted octanol–water partition coefficient (Wildman–Crippen LogP) is 11.4. The molecule has 0 N–H and O–H groups in total. The molecule has 0 bridgehead atoms. The molecule has 0 aromatic heterocycles. The highest BCUT2D eigenvalue weighted by Gasteiger charge is 2.32. The summed E-state index contributed by atoms with van der Waals surface area (Å²) in [6, 6.07) is 2.25. The highest BCUT2D eigenvalue weighted by molar-refractivity contribution is 6.47. The molecular weight excluding hydrogens is 749 g/mol. The molecule has 0 aliphatic carbocycles. The molecule has 48 heavy (non-hydrogen) atoms. The van der Waals surface area contributed by atoms with Crippen molar-refractivity contribution in [2.45, 2.75) is 80.1 Å². The van der Waals surface area contributed by atoms with Crippen LogP contribution in [0.4, 0.5) is 0 Å². The van der Waals surface area contributed by atoms with E-state index < -0.39 is 46.5 Å². The molecule has 266 valence electrons. The first-order valence-corrected chi connectivity index (χ1v) is 17.8. The molecule has 0 saturated heterocycles. The van der Waals surface area contributed by atoms with E-state index in [0.29, 0.717) is 24.7 Å².